The van der Waals surface area contributed by atoms with E-state index in [1.807, 2.05) is 0 Å². The standard InChI is InChI=1S/C18H20O5S2/c19-14-15-8-7-13-18(15,24(20,21)16-9-3-1-4-10-16)25(22,23)17-11-5-2-6-12-17/h1-6,9-12,15,19H,7-8,13-14H2. The van der Waals surface area contributed by atoms with Crippen molar-refractivity contribution in [3.05, 3.63) is 60.7 Å². The van der Waals surface area contributed by atoms with Crippen LogP contribution in [-0.4, -0.2) is 32.6 Å². The minimum atomic E-state index is -4.22. The second-order valence-electron chi connectivity index (χ2n) is 6.22. The molecule has 1 aliphatic rings. The zero-order valence-electron chi connectivity index (χ0n) is 13.6. The van der Waals surface area contributed by atoms with E-state index >= 15 is 0 Å². The SMILES string of the molecule is O=S(=O)(c1ccccc1)C1(S(=O)(=O)c2ccccc2)CCCC1CO. The molecule has 2 aromatic rings. The molecule has 0 saturated heterocycles. The van der Waals surface area contributed by atoms with Crippen LogP contribution in [0, 0.1) is 5.92 Å². The molecule has 0 amide bonds. The van der Waals surface area contributed by atoms with E-state index in [-0.39, 0.29) is 16.2 Å². The van der Waals surface area contributed by atoms with Gasteiger partial charge in [-0.2, -0.15) is 0 Å². The molecule has 1 fully saturated rings. The molecule has 1 atom stereocenters. The fourth-order valence-electron chi connectivity index (χ4n) is 3.70. The van der Waals surface area contributed by atoms with Crippen molar-refractivity contribution in [2.24, 2.45) is 5.92 Å². The van der Waals surface area contributed by atoms with Crippen LogP contribution in [0.5, 0.6) is 0 Å². The van der Waals surface area contributed by atoms with E-state index in [4.69, 9.17) is 0 Å². The van der Waals surface area contributed by atoms with Gasteiger partial charge in [0.2, 0.25) is 0 Å². The lowest BCUT2D eigenvalue weighted by atomic mass is 10.1. The normalized spacial score (nSPS) is 20.4. The summed E-state index contributed by atoms with van der Waals surface area (Å²) >= 11 is 0. The predicted octanol–water partition coefficient (Wildman–Crippen LogP) is 2.42. The first-order valence-electron chi connectivity index (χ1n) is 8.08. The summed E-state index contributed by atoms with van der Waals surface area (Å²) in [5.74, 6) is -0.858. The van der Waals surface area contributed by atoms with Crippen molar-refractivity contribution in [2.75, 3.05) is 6.61 Å². The van der Waals surface area contributed by atoms with Crippen molar-refractivity contribution in [1.82, 2.24) is 0 Å². The molecule has 5 nitrogen and oxygen atoms in total. The number of aliphatic hydroxyl groups excluding tert-OH is 1. The average Bonchev–Trinajstić information content (AvgIpc) is 3.09. The summed E-state index contributed by atoms with van der Waals surface area (Å²) in [5, 5.41) is 9.79. The summed E-state index contributed by atoms with van der Waals surface area (Å²) < 4.78 is 51.8. The smallest absolute Gasteiger partial charge is 0.199 e. The van der Waals surface area contributed by atoms with Gasteiger partial charge in [0, 0.05) is 12.5 Å². The van der Waals surface area contributed by atoms with Gasteiger partial charge in [0.05, 0.1) is 9.79 Å². The highest BCUT2D eigenvalue weighted by Gasteiger charge is 2.62. The number of hydrogen-bond donors (Lipinski definition) is 1. The van der Waals surface area contributed by atoms with Crippen LogP contribution in [0.25, 0.3) is 0 Å². The Kier molecular flexibility index (Phi) is 4.74. The molecule has 7 heteroatoms. The molecule has 3 rings (SSSR count). The monoisotopic (exact) mass is 380 g/mol. The van der Waals surface area contributed by atoms with Gasteiger partial charge in [-0.05, 0) is 37.1 Å². The minimum absolute atomic E-state index is 0.0211. The molecule has 1 unspecified atom stereocenters. The first-order valence-corrected chi connectivity index (χ1v) is 11.0. The zero-order chi connectivity index (χ0) is 18.1. The number of sulfone groups is 2. The van der Waals surface area contributed by atoms with Crippen molar-refractivity contribution in [2.45, 2.75) is 33.1 Å². The highest BCUT2D eigenvalue weighted by atomic mass is 32.3. The lowest BCUT2D eigenvalue weighted by Gasteiger charge is -2.33. The Morgan fingerprint density at radius 2 is 1.28 bits per heavy atom. The summed E-state index contributed by atoms with van der Waals surface area (Å²) in [6.45, 7) is -0.488. The molecule has 1 saturated carbocycles. The molecule has 0 heterocycles. The summed E-state index contributed by atoms with van der Waals surface area (Å²) in [4.78, 5) is -0.0651. The second kappa shape index (κ2) is 6.55. The molecule has 0 radical (unpaired) electrons. The van der Waals surface area contributed by atoms with Crippen LogP contribution in [0.1, 0.15) is 19.3 Å². The van der Waals surface area contributed by atoms with Gasteiger partial charge in [-0.1, -0.05) is 42.8 Å². The lowest BCUT2D eigenvalue weighted by molar-refractivity contribution is 0.222. The molecule has 25 heavy (non-hydrogen) atoms. The first kappa shape index (κ1) is 18.1. The fraction of sp³-hybridized carbons (Fsp3) is 0.333. The third-order valence-electron chi connectivity index (χ3n) is 4.94. The van der Waals surface area contributed by atoms with Gasteiger partial charge in [0.25, 0.3) is 0 Å². The maximum absolute atomic E-state index is 13.5. The van der Waals surface area contributed by atoms with E-state index < -0.39 is 36.3 Å². The van der Waals surface area contributed by atoms with Crippen molar-refractivity contribution in [3.8, 4) is 0 Å². The van der Waals surface area contributed by atoms with E-state index in [1.165, 1.54) is 24.3 Å². The van der Waals surface area contributed by atoms with Crippen molar-refractivity contribution in [1.29, 1.82) is 0 Å². The Labute approximate surface area is 148 Å². The van der Waals surface area contributed by atoms with Crippen LogP contribution in [0.15, 0.2) is 70.5 Å². The van der Waals surface area contributed by atoms with Gasteiger partial charge < -0.3 is 5.11 Å². The van der Waals surface area contributed by atoms with E-state index in [0.717, 1.165) is 0 Å². The summed E-state index contributed by atoms with van der Waals surface area (Å²) in [6.07, 6.45) is 0.769. The van der Waals surface area contributed by atoms with Crippen molar-refractivity contribution in [3.63, 3.8) is 0 Å². The maximum atomic E-state index is 13.5. The van der Waals surface area contributed by atoms with E-state index in [1.54, 1.807) is 36.4 Å². The molecule has 134 valence electrons. The molecule has 1 aliphatic carbocycles. The van der Waals surface area contributed by atoms with Gasteiger partial charge in [0.15, 0.2) is 23.8 Å². The second-order valence-corrected chi connectivity index (χ2v) is 10.9. The van der Waals surface area contributed by atoms with E-state index in [9.17, 15) is 21.9 Å². The molecule has 1 N–H and O–H groups in total. The Hall–Kier alpha value is -1.70. The number of hydrogen-bond acceptors (Lipinski definition) is 5. The van der Waals surface area contributed by atoms with Gasteiger partial charge in [0.1, 0.15) is 0 Å². The molecule has 0 aromatic heterocycles. The van der Waals surface area contributed by atoms with Gasteiger partial charge in [-0.15, -0.1) is 0 Å². The maximum Gasteiger partial charge on any atom is 0.199 e. The Bertz CT molecular complexity index is 866. The fourth-order valence-corrected chi connectivity index (χ4v) is 9.35. The minimum Gasteiger partial charge on any atom is -0.396 e. The highest BCUT2D eigenvalue weighted by molar-refractivity contribution is 8.10. The Morgan fingerprint density at radius 1 is 0.840 bits per heavy atom. The van der Waals surface area contributed by atoms with Crippen LogP contribution < -0.4 is 0 Å². The highest BCUT2D eigenvalue weighted by Crippen LogP contribution is 2.50. The molecule has 0 spiro atoms. The molecular weight excluding hydrogens is 360 g/mol. The predicted molar refractivity (Wildman–Crippen MR) is 94.4 cm³/mol. The quantitative estimate of drug-likeness (QED) is 0.861. The van der Waals surface area contributed by atoms with Crippen molar-refractivity contribution < 1.29 is 21.9 Å². The van der Waals surface area contributed by atoms with Crippen molar-refractivity contribution >= 4 is 19.7 Å². The number of benzene rings is 2. The van der Waals surface area contributed by atoms with E-state index in [0.29, 0.717) is 12.8 Å². The van der Waals surface area contributed by atoms with Gasteiger partial charge in [-0.3, -0.25) is 0 Å². The Balaban J connectivity index is 2.30. The van der Waals surface area contributed by atoms with Crippen LogP contribution in [-0.2, 0) is 19.7 Å². The largest absolute Gasteiger partial charge is 0.396 e. The van der Waals surface area contributed by atoms with Crippen LogP contribution in [0.3, 0.4) is 0 Å². The van der Waals surface area contributed by atoms with Gasteiger partial charge >= 0.3 is 0 Å². The average molecular weight is 380 g/mol. The third kappa shape index (κ3) is 2.61. The number of aliphatic hydroxyl groups is 1. The molecular formula is C18H20O5S2. The molecule has 2 aromatic carbocycles. The van der Waals surface area contributed by atoms with E-state index in [2.05, 4.69) is 0 Å². The molecule has 0 bridgehead atoms. The number of rotatable bonds is 5. The summed E-state index contributed by atoms with van der Waals surface area (Å²) in [7, 11) is -8.43. The first-order chi connectivity index (χ1) is 11.9. The van der Waals surface area contributed by atoms with Crippen LogP contribution >= 0.6 is 0 Å². The zero-order valence-corrected chi connectivity index (χ0v) is 15.2. The van der Waals surface area contributed by atoms with Crippen LogP contribution in [0.4, 0.5) is 0 Å². The topological polar surface area (TPSA) is 88.5 Å². The lowest BCUT2D eigenvalue weighted by Crippen LogP contribution is -2.50. The summed E-state index contributed by atoms with van der Waals surface area (Å²) in [6, 6.07) is 15.3. The Morgan fingerprint density at radius 3 is 1.68 bits per heavy atom. The van der Waals surface area contributed by atoms with Gasteiger partial charge in [-0.25, -0.2) is 16.8 Å². The molecule has 0 aliphatic heterocycles. The van der Waals surface area contributed by atoms with Crippen LogP contribution in [0.2, 0.25) is 0 Å². The summed E-state index contributed by atoms with van der Waals surface area (Å²) in [5.41, 5.74) is 0. The third-order valence-corrected chi connectivity index (χ3v) is 10.9.